The molecule has 0 radical (unpaired) electrons. The van der Waals surface area contributed by atoms with E-state index in [2.05, 4.69) is 10.2 Å². The van der Waals surface area contributed by atoms with E-state index in [1.165, 1.54) is 6.92 Å². The van der Waals surface area contributed by atoms with Crippen LogP contribution in [0.25, 0.3) is 17.0 Å². The minimum atomic E-state index is -2.35. The molecule has 4 N–H and O–H groups in total. The molecule has 1 aromatic heterocycles. The molecular formula is C27H35ClF2N6O3. The van der Waals surface area contributed by atoms with Gasteiger partial charge in [0.1, 0.15) is 30.0 Å². The van der Waals surface area contributed by atoms with Crippen molar-refractivity contribution in [3.63, 3.8) is 0 Å². The molecule has 2 saturated heterocycles. The molecule has 0 bridgehead atoms. The van der Waals surface area contributed by atoms with E-state index >= 15 is 0 Å². The Labute approximate surface area is 232 Å². The van der Waals surface area contributed by atoms with Crippen LogP contribution in [0, 0.1) is 17.7 Å². The minimum absolute atomic E-state index is 0.0374. The van der Waals surface area contributed by atoms with Gasteiger partial charge in [0.25, 0.3) is 6.43 Å². The molecule has 2 fully saturated rings. The molecule has 4 rings (SSSR count). The van der Waals surface area contributed by atoms with Crippen LogP contribution in [0.3, 0.4) is 0 Å². The van der Waals surface area contributed by atoms with Crippen LogP contribution in [0.4, 0.5) is 14.6 Å². The molecule has 1 atom stereocenters. The molecule has 12 heteroatoms. The lowest BCUT2D eigenvalue weighted by Gasteiger charge is -2.60. The fraction of sp³-hybridized carbons (Fsp3) is 0.519. The summed E-state index contributed by atoms with van der Waals surface area (Å²) in [7, 11) is 1.74. The predicted molar refractivity (Wildman–Crippen MR) is 148 cm³/mol. The highest BCUT2D eigenvalue weighted by Gasteiger charge is 2.52. The highest BCUT2D eigenvalue weighted by molar-refractivity contribution is 6.33. The van der Waals surface area contributed by atoms with Crippen LogP contribution >= 0.6 is 11.6 Å². The second-order valence-electron chi connectivity index (χ2n) is 10.5. The largest absolute Gasteiger partial charge is 0.512 e. The van der Waals surface area contributed by atoms with Crippen molar-refractivity contribution in [2.75, 3.05) is 57.8 Å². The van der Waals surface area contributed by atoms with E-state index in [9.17, 15) is 19.0 Å². The summed E-state index contributed by atoms with van der Waals surface area (Å²) in [5.74, 6) is 1.38. The molecule has 2 aliphatic rings. The number of nitrogens with zero attached hydrogens (tertiary/aromatic N) is 4. The van der Waals surface area contributed by atoms with Crippen LogP contribution in [0.15, 0.2) is 24.0 Å². The Balaban J connectivity index is 1.69. The third-order valence-electron chi connectivity index (χ3n) is 7.02. The lowest BCUT2D eigenvalue weighted by Crippen LogP contribution is -2.72. The van der Waals surface area contributed by atoms with Crippen molar-refractivity contribution in [3.05, 3.63) is 40.2 Å². The Morgan fingerprint density at radius 1 is 1.23 bits per heavy atom. The molecule has 0 unspecified atom stereocenters. The van der Waals surface area contributed by atoms with E-state index in [4.69, 9.17) is 31.7 Å². The summed E-state index contributed by atoms with van der Waals surface area (Å²) in [6, 6.07) is 5.06. The van der Waals surface area contributed by atoms with Crippen molar-refractivity contribution in [1.29, 1.82) is 5.41 Å². The number of aliphatic hydroxyl groups excluding tert-OH is 2. The van der Waals surface area contributed by atoms with Gasteiger partial charge in [-0.3, -0.25) is 4.90 Å². The number of hydrogen-bond donors (Lipinski definition) is 4. The van der Waals surface area contributed by atoms with E-state index in [-0.39, 0.29) is 30.0 Å². The molecule has 2 aromatic rings. The van der Waals surface area contributed by atoms with Crippen LogP contribution < -0.4 is 15.0 Å². The number of rotatable bonds is 11. The maximum atomic E-state index is 12.8. The number of likely N-dealkylation sites (N-methyl/N-ethyl adjacent to an activating group) is 1. The molecule has 0 saturated carbocycles. The van der Waals surface area contributed by atoms with Crippen molar-refractivity contribution in [3.8, 4) is 17.1 Å². The standard InChI is InChI=1S/C27H35ClF2N6O3/c1-15-24(23(16(2)31)17(3)37)33-25(20-7-19(5-6-21(20)28)39-10-18(38)8-32-4)34-26(15)36-13-27(14-36)11-35(12-27)9-22(29)30/h5-7,18,22,31-32,37-38H,8-14H2,1-4H3/b23-17+,31-16?/t18-/m1/s1. The number of aromatic nitrogens is 2. The summed E-state index contributed by atoms with van der Waals surface area (Å²) in [6.07, 6.45) is -3.04. The van der Waals surface area contributed by atoms with Gasteiger partial charge in [0.05, 0.1) is 22.8 Å². The number of ether oxygens (including phenoxy) is 1. The Morgan fingerprint density at radius 3 is 2.51 bits per heavy atom. The van der Waals surface area contributed by atoms with Crippen molar-refractivity contribution >= 4 is 28.7 Å². The summed E-state index contributed by atoms with van der Waals surface area (Å²) >= 11 is 6.58. The Hall–Kier alpha value is -2.86. The highest BCUT2D eigenvalue weighted by Crippen LogP contribution is 2.44. The number of nitrogens with one attached hydrogen (secondary N) is 2. The second-order valence-corrected chi connectivity index (χ2v) is 10.9. The summed E-state index contributed by atoms with van der Waals surface area (Å²) in [6.45, 7) is 7.72. The van der Waals surface area contributed by atoms with E-state index in [1.54, 1.807) is 37.1 Å². The lowest BCUT2D eigenvalue weighted by atomic mass is 9.72. The molecule has 2 aliphatic heterocycles. The summed E-state index contributed by atoms with van der Waals surface area (Å²) < 4.78 is 31.3. The van der Waals surface area contributed by atoms with Crippen LogP contribution in [0.2, 0.25) is 5.02 Å². The smallest absolute Gasteiger partial charge is 0.251 e. The number of halogens is 3. The summed E-state index contributed by atoms with van der Waals surface area (Å²) in [4.78, 5) is 13.4. The number of likely N-dealkylation sites (tertiary alicyclic amines) is 1. The molecule has 1 spiro atoms. The van der Waals surface area contributed by atoms with Gasteiger partial charge in [-0.1, -0.05) is 11.6 Å². The van der Waals surface area contributed by atoms with E-state index < -0.39 is 12.5 Å². The van der Waals surface area contributed by atoms with Crippen LogP contribution in [-0.2, 0) is 0 Å². The van der Waals surface area contributed by atoms with Gasteiger partial charge in [0.2, 0.25) is 0 Å². The fourth-order valence-corrected chi connectivity index (χ4v) is 5.59. The molecule has 0 amide bonds. The van der Waals surface area contributed by atoms with Gasteiger partial charge >= 0.3 is 0 Å². The number of allylic oxidation sites excluding steroid dienone is 2. The minimum Gasteiger partial charge on any atom is -0.512 e. The van der Waals surface area contributed by atoms with Crippen LogP contribution in [0.1, 0.15) is 25.1 Å². The molecule has 39 heavy (non-hydrogen) atoms. The number of aliphatic hydroxyl groups is 2. The second kappa shape index (κ2) is 11.7. The van der Waals surface area contributed by atoms with Gasteiger partial charge in [-0.25, -0.2) is 18.7 Å². The van der Waals surface area contributed by atoms with Gasteiger partial charge in [0.15, 0.2) is 5.82 Å². The average molecular weight is 565 g/mol. The number of alkyl halides is 2. The van der Waals surface area contributed by atoms with Gasteiger partial charge in [-0.05, 0) is 46.0 Å². The van der Waals surface area contributed by atoms with Crippen LogP contribution in [-0.4, -0.2) is 96.2 Å². The SMILES string of the molecule is CNC[C@@H](O)COc1ccc(Cl)c(-c2nc(/C(C(C)=N)=C(\C)O)c(C)c(N3CC4(CN(CC(F)F)C4)C3)n2)c1. The quantitative estimate of drug-likeness (QED) is 0.241. The number of hydrogen-bond acceptors (Lipinski definition) is 9. The van der Waals surface area contributed by atoms with Crippen molar-refractivity contribution in [2.24, 2.45) is 5.41 Å². The van der Waals surface area contributed by atoms with Crippen LogP contribution in [0.5, 0.6) is 5.75 Å². The molecule has 212 valence electrons. The molecule has 9 nitrogen and oxygen atoms in total. The van der Waals surface area contributed by atoms with E-state index in [0.29, 0.717) is 77.5 Å². The topological polar surface area (TPSA) is 118 Å². The van der Waals surface area contributed by atoms with E-state index in [1.807, 2.05) is 6.92 Å². The van der Waals surface area contributed by atoms with Gasteiger partial charge < -0.3 is 30.6 Å². The third kappa shape index (κ3) is 6.32. The maximum absolute atomic E-state index is 12.8. The normalized spacial score (nSPS) is 18.0. The first kappa shape index (κ1) is 29.1. The molecule has 3 heterocycles. The highest BCUT2D eigenvalue weighted by atomic mass is 35.5. The average Bonchev–Trinajstić information content (AvgIpc) is 2.80. The number of benzene rings is 1. The maximum Gasteiger partial charge on any atom is 0.251 e. The summed E-state index contributed by atoms with van der Waals surface area (Å²) in [5, 5.41) is 32.0. The zero-order valence-electron chi connectivity index (χ0n) is 22.6. The van der Waals surface area contributed by atoms with Crippen molar-refractivity contribution in [2.45, 2.75) is 33.3 Å². The fourth-order valence-electron chi connectivity index (χ4n) is 5.39. The van der Waals surface area contributed by atoms with E-state index in [0.717, 1.165) is 0 Å². The molecule has 0 aliphatic carbocycles. The molecular weight excluding hydrogens is 530 g/mol. The van der Waals surface area contributed by atoms with Gasteiger partial charge in [0, 0.05) is 55.0 Å². The zero-order chi connectivity index (χ0) is 28.5. The first-order valence-electron chi connectivity index (χ1n) is 12.8. The lowest BCUT2D eigenvalue weighted by molar-refractivity contribution is -0.0515. The predicted octanol–water partition coefficient (Wildman–Crippen LogP) is 3.78. The summed E-state index contributed by atoms with van der Waals surface area (Å²) in [5.41, 5.74) is 2.03. The third-order valence-corrected chi connectivity index (χ3v) is 7.35. The first-order chi connectivity index (χ1) is 18.4. The van der Waals surface area contributed by atoms with Crippen molar-refractivity contribution < 1.29 is 23.7 Å². The zero-order valence-corrected chi connectivity index (χ0v) is 23.3. The Morgan fingerprint density at radius 2 is 1.92 bits per heavy atom. The van der Waals surface area contributed by atoms with Gasteiger partial charge in [-0.2, -0.15) is 0 Å². The number of anilines is 1. The monoisotopic (exact) mass is 564 g/mol. The van der Waals surface area contributed by atoms with Gasteiger partial charge in [-0.15, -0.1) is 0 Å². The Kier molecular flexibility index (Phi) is 8.75. The van der Waals surface area contributed by atoms with Crippen molar-refractivity contribution in [1.82, 2.24) is 20.2 Å². The first-order valence-corrected chi connectivity index (χ1v) is 13.2. The molecule has 1 aromatic carbocycles. The Bertz CT molecular complexity index is 1260.